The largest absolute Gasteiger partial charge is 0.449 e. The van der Waals surface area contributed by atoms with Crippen molar-refractivity contribution in [1.29, 1.82) is 5.26 Å². The number of nitriles is 1. The van der Waals surface area contributed by atoms with Crippen molar-refractivity contribution >= 4 is 21.9 Å². The zero-order valence-electron chi connectivity index (χ0n) is 19.7. The Labute approximate surface area is 205 Å². The molecule has 0 aromatic heterocycles. The summed E-state index contributed by atoms with van der Waals surface area (Å²) in [5, 5.41) is 12.3. The second-order valence-corrected chi connectivity index (χ2v) is 11.1. The number of hydrogen-bond acceptors (Lipinski definition) is 6. The van der Waals surface area contributed by atoms with E-state index in [9.17, 15) is 23.3 Å². The van der Waals surface area contributed by atoms with Crippen LogP contribution in [0.15, 0.2) is 53.4 Å². The van der Waals surface area contributed by atoms with Gasteiger partial charge in [-0.3, -0.25) is 4.79 Å². The van der Waals surface area contributed by atoms with Crippen LogP contribution < -0.4 is 5.32 Å². The van der Waals surface area contributed by atoms with Gasteiger partial charge in [-0.25, -0.2) is 13.2 Å². The van der Waals surface area contributed by atoms with Gasteiger partial charge in [0.2, 0.25) is 10.0 Å². The number of ether oxygens (including phenoxy) is 1. The fourth-order valence-corrected chi connectivity index (χ4v) is 6.05. The van der Waals surface area contributed by atoms with Gasteiger partial charge in [-0.1, -0.05) is 43.5 Å². The fraction of sp³-hybridized carbons (Fsp3) is 0.423. The summed E-state index contributed by atoms with van der Waals surface area (Å²) < 4.78 is 33.0. The molecule has 1 atom stereocenters. The lowest BCUT2D eigenvalue weighted by Gasteiger charge is -2.32. The van der Waals surface area contributed by atoms with Crippen molar-refractivity contribution in [2.45, 2.75) is 68.5 Å². The average molecular weight is 496 g/mol. The van der Waals surface area contributed by atoms with Crippen LogP contribution in [0.1, 0.15) is 60.5 Å². The molecule has 184 valence electrons. The third kappa shape index (κ3) is 5.39. The molecule has 1 heterocycles. The standard InChI is InChI=1S/C26H29N3O5S/c1-19(24(30)28-26(18-27)14-5-2-6-15-26)34-25(31)21-9-11-23(12-10-21)35(32,33)29-16-13-20-7-3-4-8-22(20)17-29/h3-4,7-12,19H,2,5-6,13-17H2,1H3,(H,28,30). The first-order valence-corrected chi connectivity index (χ1v) is 13.3. The highest BCUT2D eigenvalue weighted by Crippen LogP contribution is 2.28. The smallest absolute Gasteiger partial charge is 0.338 e. The number of amides is 1. The first kappa shape index (κ1) is 24.9. The second kappa shape index (κ2) is 10.2. The van der Waals surface area contributed by atoms with Gasteiger partial charge in [0.15, 0.2) is 6.10 Å². The number of carbonyl (C=O) groups excluding carboxylic acids is 2. The predicted octanol–water partition coefficient (Wildman–Crippen LogP) is 3.32. The molecule has 1 aliphatic carbocycles. The summed E-state index contributed by atoms with van der Waals surface area (Å²) in [6.45, 7) is 2.15. The number of rotatable bonds is 6. The minimum absolute atomic E-state index is 0.0903. The van der Waals surface area contributed by atoms with Crippen LogP contribution in [0.25, 0.3) is 0 Å². The third-order valence-corrected chi connectivity index (χ3v) is 8.62. The molecule has 1 amide bonds. The van der Waals surface area contributed by atoms with Gasteiger partial charge in [0, 0.05) is 13.1 Å². The van der Waals surface area contributed by atoms with Crippen LogP contribution in [0.4, 0.5) is 0 Å². The van der Waals surface area contributed by atoms with Crippen LogP contribution in [-0.2, 0) is 32.5 Å². The van der Waals surface area contributed by atoms with Crippen molar-refractivity contribution in [2.75, 3.05) is 6.54 Å². The van der Waals surface area contributed by atoms with Gasteiger partial charge in [-0.15, -0.1) is 0 Å². The Hall–Kier alpha value is -3.22. The van der Waals surface area contributed by atoms with Gasteiger partial charge in [0.25, 0.3) is 5.91 Å². The molecule has 8 nitrogen and oxygen atoms in total. The Morgan fingerprint density at radius 2 is 1.71 bits per heavy atom. The van der Waals surface area contributed by atoms with Gasteiger partial charge < -0.3 is 10.1 Å². The summed E-state index contributed by atoms with van der Waals surface area (Å²) in [6, 6.07) is 15.5. The number of fused-ring (bicyclic) bond motifs is 1. The fourth-order valence-electron chi connectivity index (χ4n) is 4.63. The Bertz CT molecular complexity index is 1240. The van der Waals surface area contributed by atoms with E-state index in [0.29, 0.717) is 32.4 Å². The summed E-state index contributed by atoms with van der Waals surface area (Å²) in [5.41, 5.74) is 1.36. The molecule has 0 saturated heterocycles. The van der Waals surface area contributed by atoms with E-state index in [1.165, 1.54) is 35.5 Å². The van der Waals surface area contributed by atoms with Crippen molar-refractivity contribution in [1.82, 2.24) is 9.62 Å². The van der Waals surface area contributed by atoms with Crippen molar-refractivity contribution in [3.05, 3.63) is 65.2 Å². The number of nitrogens with one attached hydrogen (secondary N) is 1. The minimum atomic E-state index is -3.72. The topological polar surface area (TPSA) is 117 Å². The van der Waals surface area contributed by atoms with Gasteiger partial charge in [-0.2, -0.15) is 9.57 Å². The highest BCUT2D eigenvalue weighted by Gasteiger charge is 2.35. The molecular weight excluding hydrogens is 466 g/mol. The Balaban J connectivity index is 1.39. The molecule has 0 spiro atoms. The SMILES string of the molecule is CC(OC(=O)c1ccc(S(=O)(=O)N2CCc3ccccc3C2)cc1)C(=O)NC1(C#N)CCCCC1. The molecule has 1 aliphatic heterocycles. The van der Waals surface area contributed by atoms with Crippen molar-refractivity contribution < 1.29 is 22.7 Å². The summed E-state index contributed by atoms with van der Waals surface area (Å²) in [5.74, 6) is -1.26. The molecule has 1 fully saturated rings. The van der Waals surface area contributed by atoms with Crippen LogP contribution in [0, 0.1) is 11.3 Å². The maximum absolute atomic E-state index is 13.1. The molecule has 35 heavy (non-hydrogen) atoms. The van der Waals surface area contributed by atoms with E-state index in [1.807, 2.05) is 24.3 Å². The van der Waals surface area contributed by atoms with E-state index in [1.54, 1.807) is 0 Å². The van der Waals surface area contributed by atoms with Crippen LogP contribution in [0.5, 0.6) is 0 Å². The lowest BCUT2D eigenvalue weighted by Crippen LogP contribution is -2.52. The number of nitrogens with zero attached hydrogens (tertiary/aromatic N) is 2. The lowest BCUT2D eigenvalue weighted by molar-refractivity contribution is -0.130. The minimum Gasteiger partial charge on any atom is -0.449 e. The first-order chi connectivity index (χ1) is 16.7. The van der Waals surface area contributed by atoms with E-state index < -0.39 is 33.5 Å². The molecule has 1 saturated carbocycles. The van der Waals surface area contributed by atoms with Crippen LogP contribution in [-0.4, -0.2) is 42.8 Å². The number of sulfonamides is 1. The molecule has 0 radical (unpaired) electrons. The maximum atomic E-state index is 13.1. The lowest BCUT2D eigenvalue weighted by atomic mass is 9.83. The van der Waals surface area contributed by atoms with Crippen LogP contribution in [0.3, 0.4) is 0 Å². The van der Waals surface area contributed by atoms with Crippen LogP contribution >= 0.6 is 0 Å². The Morgan fingerprint density at radius 1 is 1.06 bits per heavy atom. The van der Waals surface area contributed by atoms with Crippen molar-refractivity contribution in [2.24, 2.45) is 0 Å². The zero-order chi connectivity index (χ0) is 25.1. The first-order valence-electron chi connectivity index (χ1n) is 11.9. The number of carbonyl (C=O) groups is 2. The van der Waals surface area contributed by atoms with Gasteiger partial charge in [-0.05, 0) is 61.6 Å². The van der Waals surface area contributed by atoms with Gasteiger partial charge >= 0.3 is 5.97 Å². The van der Waals surface area contributed by atoms with E-state index in [0.717, 1.165) is 30.4 Å². The second-order valence-electron chi connectivity index (χ2n) is 9.17. The molecule has 2 aliphatic rings. The monoisotopic (exact) mass is 495 g/mol. The molecule has 2 aromatic rings. The number of benzene rings is 2. The molecule has 1 unspecified atom stereocenters. The molecule has 4 rings (SSSR count). The highest BCUT2D eigenvalue weighted by atomic mass is 32.2. The predicted molar refractivity (Wildman–Crippen MR) is 129 cm³/mol. The van der Waals surface area contributed by atoms with E-state index in [4.69, 9.17) is 4.74 Å². The number of hydrogen-bond donors (Lipinski definition) is 1. The summed E-state index contributed by atoms with van der Waals surface area (Å²) in [4.78, 5) is 25.2. The Morgan fingerprint density at radius 3 is 2.37 bits per heavy atom. The third-order valence-electron chi connectivity index (χ3n) is 6.76. The van der Waals surface area contributed by atoms with Crippen molar-refractivity contribution in [3.63, 3.8) is 0 Å². The molecular formula is C26H29N3O5S. The van der Waals surface area contributed by atoms with Crippen molar-refractivity contribution in [3.8, 4) is 6.07 Å². The normalized spacial score (nSPS) is 18.5. The maximum Gasteiger partial charge on any atom is 0.338 e. The Kier molecular flexibility index (Phi) is 7.24. The van der Waals surface area contributed by atoms with Gasteiger partial charge in [0.05, 0.1) is 16.5 Å². The highest BCUT2D eigenvalue weighted by molar-refractivity contribution is 7.89. The van der Waals surface area contributed by atoms with E-state index in [-0.39, 0.29) is 10.5 Å². The number of esters is 1. The molecule has 0 bridgehead atoms. The van der Waals surface area contributed by atoms with Gasteiger partial charge in [0.1, 0.15) is 5.54 Å². The van der Waals surface area contributed by atoms with E-state index >= 15 is 0 Å². The quantitative estimate of drug-likeness (QED) is 0.615. The summed E-state index contributed by atoms with van der Waals surface area (Å²) in [6.07, 6.45) is 3.46. The summed E-state index contributed by atoms with van der Waals surface area (Å²) in [7, 11) is -3.72. The zero-order valence-corrected chi connectivity index (χ0v) is 20.5. The molecule has 2 aromatic carbocycles. The van der Waals surface area contributed by atoms with Crippen LogP contribution in [0.2, 0.25) is 0 Å². The average Bonchev–Trinajstić information content (AvgIpc) is 2.88. The molecule has 1 N–H and O–H groups in total. The summed E-state index contributed by atoms with van der Waals surface area (Å²) >= 11 is 0. The van der Waals surface area contributed by atoms with E-state index in [2.05, 4.69) is 11.4 Å². The molecule has 9 heteroatoms.